The van der Waals surface area contributed by atoms with Crippen LogP contribution < -0.4 is 4.74 Å². The van der Waals surface area contributed by atoms with Gasteiger partial charge >= 0.3 is 0 Å². The van der Waals surface area contributed by atoms with E-state index in [1.165, 1.54) is 0 Å². The van der Waals surface area contributed by atoms with Crippen LogP contribution in [0.5, 0.6) is 5.75 Å². The zero-order valence-corrected chi connectivity index (χ0v) is 9.74. The van der Waals surface area contributed by atoms with Crippen LogP contribution in [0.15, 0.2) is 42.9 Å². The van der Waals surface area contributed by atoms with Gasteiger partial charge in [-0.15, -0.1) is 0 Å². The van der Waals surface area contributed by atoms with Crippen molar-refractivity contribution in [2.45, 2.75) is 0 Å². The molecule has 18 heavy (non-hydrogen) atoms. The maximum atomic E-state index is 5.12. The number of hydrogen-bond acceptors (Lipinski definition) is 5. The molecule has 0 aliphatic carbocycles. The SMILES string of the molecule is COc1ccc(-c2cnc3nccnc3n2)cc1. The average Bonchev–Trinajstić information content (AvgIpc) is 2.47. The third-order valence-electron chi connectivity index (χ3n) is 2.58. The molecule has 3 rings (SSSR count). The van der Waals surface area contributed by atoms with Crippen LogP contribution in [-0.4, -0.2) is 27.0 Å². The van der Waals surface area contributed by atoms with Gasteiger partial charge in [0, 0.05) is 18.0 Å². The predicted octanol–water partition coefficient (Wildman–Crippen LogP) is 2.10. The summed E-state index contributed by atoms with van der Waals surface area (Å²) in [4.78, 5) is 16.9. The lowest BCUT2D eigenvalue weighted by atomic mass is 10.1. The Morgan fingerprint density at radius 1 is 0.889 bits per heavy atom. The number of hydrogen-bond donors (Lipinski definition) is 0. The molecule has 0 saturated heterocycles. The minimum absolute atomic E-state index is 0.547. The molecular formula is C13H10N4O. The summed E-state index contributed by atoms with van der Waals surface area (Å²) in [7, 11) is 1.64. The van der Waals surface area contributed by atoms with E-state index in [-0.39, 0.29) is 0 Å². The van der Waals surface area contributed by atoms with E-state index in [1.807, 2.05) is 24.3 Å². The normalized spacial score (nSPS) is 10.5. The molecule has 88 valence electrons. The van der Waals surface area contributed by atoms with E-state index in [0.29, 0.717) is 11.3 Å². The maximum Gasteiger partial charge on any atom is 0.198 e. The van der Waals surface area contributed by atoms with Crippen molar-refractivity contribution in [3.63, 3.8) is 0 Å². The first-order valence-corrected chi connectivity index (χ1v) is 5.45. The molecule has 0 radical (unpaired) electrons. The van der Waals surface area contributed by atoms with Crippen LogP contribution in [0.4, 0.5) is 0 Å². The first-order valence-electron chi connectivity index (χ1n) is 5.45. The van der Waals surface area contributed by atoms with Crippen LogP contribution >= 0.6 is 0 Å². The quantitative estimate of drug-likeness (QED) is 0.684. The highest BCUT2D eigenvalue weighted by molar-refractivity contribution is 5.69. The first-order chi connectivity index (χ1) is 8.86. The van der Waals surface area contributed by atoms with Gasteiger partial charge in [-0.3, -0.25) is 0 Å². The smallest absolute Gasteiger partial charge is 0.198 e. The summed E-state index contributed by atoms with van der Waals surface area (Å²) >= 11 is 0. The number of ether oxygens (including phenoxy) is 1. The van der Waals surface area contributed by atoms with E-state index in [1.54, 1.807) is 25.7 Å². The Morgan fingerprint density at radius 2 is 1.61 bits per heavy atom. The summed E-state index contributed by atoms with van der Waals surface area (Å²) in [5.41, 5.74) is 2.84. The van der Waals surface area contributed by atoms with E-state index in [4.69, 9.17) is 4.74 Å². The van der Waals surface area contributed by atoms with E-state index >= 15 is 0 Å². The van der Waals surface area contributed by atoms with Crippen LogP contribution in [0.2, 0.25) is 0 Å². The van der Waals surface area contributed by atoms with Gasteiger partial charge in [0.25, 0.3) is 0 Å². The minimum Gasteiger partial charge on any atom is -0.497 e. The summed E-state index contributed by atoms with van der Waals surface area (Å²) in [6.07, 6.45) is 4.90. The van der Waals surface area contributed by atoms with Crippen molar-refractivity contribution in [2.75, 3.05) is 7.11 Å². The topological polar surface area (TPSA) is 60.8 Å². The molecule has 1 aromatic carbocycles. The Kier molecular flexibility index (Phi) is 2.57. The fourth-order valence-corrected chi connectivity index (χ4v) is 1.66. The lowest BCUT2D eigenvalue weighted by Crippen LogP contribution is -1.92. The molecule has 0 atom stereocenters. The highest BCUT2D eigenvalue weighted by atomic mass is 16.5. The Labute approximate surface area is 104 Å². The van der Waals surface area contributed by atoms with Gasteiger partial charge in [0.15, 0.2) is 11.3 Å². The molecule has 0 amide bonds. The zero-order chi connectivity index (χ0) is 12.4. The number of fused-ring (bicyclic) bond motifs is 1. The molecule has 0 fully saturated rings. The summed E-state index contributed by atoms with van der Waals surface area (Å²) in [6, 6.07) is 7.64. The van der Waals surface area contributed by atoms with E-state index in [9.17, 15) is 0 Å². The van der Waals surface area contributed by atoms with Crippen molar-refractivity contribution in [3.05, 3.63) is 42.9 Å². The standard InChI is InChI=1S/C13H10N4O/c1-18-10-4-2-9(3-5-10)11-8-16-12-13(17-11)15-7-6-14-12/h2-8H,1H3. The average molecular weight is 238 g/mol. The largest absolute Gasteiger partial charge is 0.497 e. The Balaban J connectivity index is 2.07. The second kappa shape index (κ2) is 4.37. The number of rotatable bonds is 2. The van der Waals surface area contributed by atoms with Crippen LogP contribution in [0, 0.1) is 0 Å². The van der Waals surface area contributed by atoms with E-state index in [2.05, 4.69) is 19.9 Å². The second-order valence-electron chi connectivity index (χ2n) is 3.69. The van der Waals surface area contributed by atoms with E-state index in [0.717, 1.165) is 17.0 Å². The molecule has 0 N–H and O–H groups in total. The van der Waals surface area contributed by atoms with Crippen LogP contribution in [-0.2, 0) is 0 Å². The zero-order valence-electron chi connectivity index (χ0n) is 9.74. The van der Waals surface area contributed by atoms with Crippen molar-refractivity contribution in [1.29, 1.82) is 0 Å². The first kappa shape index (κ1) is 10.6. The van der Waals surface area contributed by atoms with Gasteiger partial charge < -0.3 is 4.74 Å². The Bertz CT molecular complexity index is 682. The highest BCUT2D eigenvalue weighted by Gasteiger charge is 2.04. The molecule has 0 saturated carbocycles. The summed E-state index contributed by atoms with van der Waals surface area (Å²) in [5.74, 6) is 0.812. The molecule has 0 aliphatic rings. The molecule has 0 unspecified atom stereocenters. The summed E-state index contributed by atoms with van der Waals surface area (Å²) in [5, 5.41) is 0. The summed E-state index contributed by atoms with van der Waals surface area (Å²) in [6.45, 7) is 0. The highest BCUT2D eigenvalue weighted by Crippen LogP contribution is 2.20. The lowest BCUT2D eigenvalue weighted by Gasteiger charge is -2.03. The molecule has 0 aliphatic heterocycles. The van der Waals surface area contributed by atoms with Crippen molar-refractivity contribution in [3.8, 4) is 17.0 Å². The van der Waals surface area contributed by atoms with Crippen LogP contribution in [0.1, 0.15) is 0 Å². The maximum absolute atomic E-state index is 5.12. The molecule has 3 aromatic rings. The number of methoxy groups -OCH3 is 1. The van der Waals surface area contributed by atoms with Gasteiger partial charge in [-0.05, 0) is 24.3 Å². The molecule has 2 aromatic heterocycles. The van der Waals surface area contributed by atoms with Crippen molar-refractivity contribution >= 4 is 11.3 Å². The molecule has 5 heteroatoms. The molecule has 5 nitrogen and oxygen atoms in total. The molecule has 0 bridgehead atoms. The third kappa shape index (κ3) is 1.86. The Hall–Kier alpha value is -2.56. The van der Waals surface area contributed by atoms with Gasteiger partial charge in [0.2, 0.25) is 0 Å². The van der Waals surface area contributed by atoms with Gasteiger partial charge in [0.1, 0.15) is 5.75 Å². The van der Waals surface area contributed by atoms with Crippen LogP contribution in [0.25, 0.3) is 22.6 Å². The molecular weight excluding hydrogens is 228 g/mol. The molecule has 2 heterocycles. The van der Waals surface area contributed by atoms with Gasteiger partial charge in [0.05, 0.1) is 19.0 Å². The number of nitrogens with zero attached hydrogens (tertiary/aromatic N) is 4. The number of aromatic nitrogens is 4. The van der Waals surface area contributed by atoms with Crippen molar-refractivity contribution in [1.82, 2.24) is 19.9 Å². The monoisotopic (exact) mass is 238 g/mol. The fraction of sp³-hybridized carbons (Fsp3) is 0.0769. The predicted molar refractivity (Wildman–Crippen MR) is 67.1 cm³/mol. The van der Waals surface area contributed by atoms with Crippen LogP contribution in [0.3, 0.4) is 0 Å². The van der Waals surface area contributed by atoms with Crippen molar-refractivity contribution < 1.29 is 4.74 Å². The van der Waals surface area contributed by atoms with Gasteiger partial charge in [-0.2, -0.15) is 0 Å². The van der Waals surface area contributed by atoms with Gasteiger partial charge in [-0.1, -0.05) is 0 Å². The van der Waals surface area contributed by atoms with Crippen molar-refractivity contribution in [2.24, 2.45) is 0 Å². The third-order valence-corrected chi connectivity index (χ3v) is 2.58. The fourth-order valence-electron chi connectivity index (χ4n) is 1.66. The number of benzene rings is 1. The minimum atomic E-state index is 0.547. The van der Waals surface area contributed by atoms with E-state index < -0.39 is 0 Å². The Morgan fingerprint density at radius 3 is 2.33 bits per heavy atom. The molecule has 0 spiro atoms. The van der Waals surface area contributed by atoms with Gasteiger partial charge in [-0.25, -0.2) is 19.9 Å². The summed E-state index contributed by atoms with van der Waals surface area (Å²) < 4.78 is 5.12. The lowest BCUT2D eigenvalue weighted by molar-refractivity contribution is 0.415. The second-order valence-corrected chi connectivity index (χ2v) is 3.69.